The second-order valence-electron chi connectivity index (χ2n) is 9.11. The lowest BCUT2D eigenvalue weighted by molar-refractivity contribution is -0.147. The molecule has 0 unspecified atom stereocenters. The van der Waals surface area contributed by atoms with Crippen LogP contribution in [0.4, 0.5) is 5.82 Å². The lowest BCUT2D eigenvalue weighted by Crippen LogP contribution is -2.56. The minimum absolute atomic E-state index is 0.115. The SMILES string of the molecule is CCC(=O)N(C[C@@H]1CCNC1=O)NC(=O)[C@H](CC(C)C)N1CC[C@H](Nc2ccnn2C)C1=O. The summed E-state index contributed by atoms with van der Waals surface area (Å²) in [5, 5.41) is 11.3. The van der Waals surface area contributed by atoms with Gasteiger partial charge in [-0.15, -0.1) is 0 Å². The van der Waals surface area contributed by atoms with Gasteiger partial charge in [-0.3, -0.25) is 34.3 Å². The quantitative estimate of drug-likeness (QED) is 0.452. The molecule has 11 nitrogen and oxygen atoms in total. The molecule has 3 heterocycles. The third-order valence-electron chi connectivity index (χ3n) is 6.17. The van der Waals surface area contributed by atoms with Gasteiger partial charge in [0.25, 0.3) is 5.91 Å². The molecular formula is C22H35N7O4. The van der Waals surface area contributed by atoms with Crippen LogP contribution < -0.4 is 16.1 Å². The van der Waals surface area contributed by atoms with Crippen molar-refractivity contribution in [3.63, 3.8) is 0 Å². The first-order valence-electron chi connectivity index (χ1n) is 11.6. The average Bonchev–Trinajstić information content (AvgIpc) is 3.47. The van der Waals surface area contributed by atoms with Crippen LogP contribution >= 0.6 is 0 Å². The number of carbonyl (C=O) groups is 4. The molecule has 3 rings (SSSR count). The summed E-state index contributed by atoms with van der Waals surface area (Å²) in [6, 6.07) is 0.639. The first kappa shape index (κ1) is 24.5. The molecule has 0 radical (unpaired) electrons. The van der Waals surface area contributed by atoms with E-state index in [1.165, 1.54) is 5.01 Å². The van der Waals surface area contributed by atoms with Gasteiger partial charge in [0.1, 0.15) is 17.9 Å². The Kier molecular flexibility index (Phi) is 7.93. The maximum Gasteiger partial charge on any atom is 0.261 e. The zero-order valence-electron chi connectivity index (χ0n) is 19.8. The highest BCUT2D eigenvalue weighted by Crippen LogP contribution is 2.23. The summed E-state index contributed by atoms with van der Waals surface area (Å²) in [5.41, 5.74) is 2.72. The summed E-state index contributed by atoms with van der Waals surface area (Å²) < 4.78 is 1.65. The van der Waals surface area contributed by atoms with Crippen LogP contribution in [-0.2, 0) is 26.2 Å². The third-order valence-corrected chi connectivity index (χ3v) is 6.17. The van der Waals surface area contributed by atoms with E-state index < -0.39 is 18.0 Å². The van der Waals surface area contributed by atoms with Crippen molar-refractivity contribution in [1.29, 1.82) is 0 Å². The third kappa shape index (κ3) is 5.82. The lowest BCUT2D eigenvalue weighted by Gasteiger charge is -2.32. The first-order chi connectivity index (χ1) is 15.7. The number of likely N-dealkylation sites (tertiary alicyclic amines) is 1. The van der Waals surface area contributed by atoms with Crippen LogP contribution in [0.2, 0.25) is 0 Å². The lowest BCUT2D eigenvalue weighted by atomic mass is 10.0. The van der Waals surface area contributed by atoms with Crippen molar-refractivity contribution in [2.24, 2.45) is 18.9 Å². The standard InChI is InChI=1S/C22H35N7O4/c1-5-19(30)29(13-15-6-9-23-20(15)31)26-21(32)17(12-14(2)3)28-11-8-16(22(28)33)25-18-7-10-24-27(18)4/h7,10,14-17,25H,5-6,8-9,11-13H2,1-4H3,(H,23,31)(H,26,32)/t15-,16-,17-/m0/s1. The van der Waals surface area contributed by atoms with Crippen molar-refractivity contribution < 1.29 is 19.2 Å². The van der Waals surface area contributed by atoms with E-state index in [-0.39, 0.29) is 42.5 Å². The molecule has 2 aliphatic heterocycles. The highest BCUT2D eigenvalue weighted by molar-refractivity contribution is 5.93. The molecule has 0 bridgehead atoms. The Morgan fingerprint density at radius 3 is 2.64 bits per heavy atom. The van der Waals surface area contributed by atoms with E-state index in [4.69, 9.17) is 0 Å². The van der Waals surface area contributed by atoms with Crippen molar-refractivity contribution >= 4 is 29.4 Å². The van der Waals surface area contributed by atoms with Gasteiger partial charge in [0, 0.05) is 32.6 Å². The summed E-state index contributed by atoms with van der Waals surface area (Å²) >= 11 is 0. The van der Waals surface area contributed by atoms with Crippen LogP contribution in [0.1, 0.15) is 46.5 Å². The molecule has 0 saturated carbocycles. The molecule has 11 heteroatoms. The Morgan fingerprint density at radius 2 is 2.06 bits per heavy atom. The van der Waals surface area contributed by atoms with E-state index in [0.717, 1.165) is 5.82 Å². The van der Waals surface area contributed by atoms with Gasteiger partial charge >= 0.3 is 0 Å². The van der Waals surface area contributed by atoms with Gasteiger partial charge in [0.15, 0.2) is 0 Å². The predicted molar refractivity (Wildman–Crippen MR) is 121 cm³/mol. The number of rotatable bonds is 9. The molecule has 2 aliphatic rings. The zero-order valence-corrected chi connectivity index (χ0v) is 19.8. The van der Waals surface area contributed by atoms with Crippen molar-refractivity contribution in [1.82, 2.24) is 30.4 Å². The fourth-order valence-corrected chi connectivity index (χ4v) is 4.31. The smallest absolute Gasteiger partial charge is 0.261 e. The molecule has 182 valence electrons. The highest BCUT2D eigenvalue weighted by Gasteiger charge is 2.40. The highest BCUT2D eigenvalue weighted by atomic mass is 16.2. The second kappa shape index (κ2) is 10.7. The minimum atomic E-state index is -0.708. The van der Waals surface area contributed by atoms with E-state index in [1.807, 2.05) is 13.8 Å². The molecule has 2 fully saturated rings. The molecule has 1 aromatic rings. The molecule has 0 aromatic carbocycles. The number of nitrogens with one attached hydrogen (secondary N) is 3. The van der Waals surface area contributed by atoms with Gasteiger partial charge in [0.05, 0.1) is 18.7 Å². The van der Waals surface area contributed by atoms with Crippen molar-refractivity contribution in [3.05, 3.63) is 12.3 Å². The monoisotopic (exact) mass is 461 g/mol. The average molecular weight is 462 g/mol. The van der Waals surface area contributed by atoms with Gasteiger partial charge in [-0.25, -0.2) is 0 Å². The van der Waals surface area contributed by atoms with Crippen LogP contribution in [0.25, 0.3) is 0 Å². The molecule has 3 N–H and O–H groups in total. The van der Waals surface area contributed by atoms with Gasteiger partial charge in [-0.1, -0.05) is 20.8 Å². The van der Waals surface area contributed by atoms with Crippen LogP contribution in [0, 0.1) is 11.8 Å². The number of aryl methyl sites for hydroxylation is 1. The van der Waals surface area contributed by atoms with Crippen molar-refractivity contribution in [2.75, 3.05) is 25.0 Å². The van der Waals surface area contributed by atoms with Gasteiger partial charge in [-0.05, 0) is 25.2 Å². The van der Waals surface area contributed by atoms with Gasteiger partial charge in [-0.2, -0.15) is 5.10 Å². The number of hydrogen-bond donors (Lipinski definition) is 3. The van der Waals surface area contributed by atoms with Crippen LogP contribution in [0.5, 0.6) is 0 Å². The molecule has 4 amide bonds. The van der Waals surface area contributed by atoms with Crippen LogP contribution in [0.3, 0.4) is 0 Å². The van der Waals surface area contributed by atoms with E-state index in [2.05, 4.69) is 21.2 Å². The Morgan fingerprint density at radius 1 is 1.30 bits per heavy atom. The fraction of sp³-hybridized carbons (Fsp3) is 0.682. The predicted octanol–water partition coefficient (Wildman–Crippen LogP) is 0.254. The molecule has 2 saturated heterocycles. The summed E-state index contributed by atoms with van der Waals surface area (Å²) in [6.45, 7) is 6.81. The maximum atomic E-state index is 13.3. The Balaban J connectivity index is 1.71. The van der Waals surface area contributed by atoms with Crippen LogP contribution in [0.15, 0.2) is 12.3 Å². The Bertz CT molecular complexity index is 884. The first-order valence-corrected chi connectivity index (χ1v) is 11.6. The Labute approximate surface area is 194 Å². The number of nitrogens with zero attached hydrogens (tertiary/aromatic N) is 4. The number of hydrogen-bond acceptors (Lipinski definition) is 6. The van der Waals surface area contributed by atoms with Crippen molar-refractivity contribution in [2.45, 2.75) is 58.5 Å². The fourth-order valence-electron chi connectivity index (χ4n) is 4.31. The topological polar surface area (TPSA) is 129 Å². The normalized spacial score (nSPS) is 21.3. The summed E-state index contributed by atoms with van der Waals surface area (Å²) in [5.74, 6) is -0.405. The number of carbonyl (C=O) groups excluding carboxylic acids is 4. The maximum absolute atomic E-state index is 13.3. The molecule has 33 heavy (non-hydrogen) atoms. The van der Waals surface area contributed by atoms with Gasteiger partial charge in [0.2, 0.25) is 17.7 Å². The van der Waals surface area contributed by atoms with Gasteiger partial charge < -0.3 is 15.5 Å². The number of amides is 4. The summed E-state index contributed by atoms with van der Waals surface area (Å²) in [7, 11) is 1.79. The largest absolute Gasteiger partial charge is 0.359 e. The molecule has 0 spiro atoms. The van der Waals surface area contributed by atoms with Crippen LogP contribution in [-0.4, -0.2) is 75.0 Å². The van der Waals surface area contributed by atoms with E-state index in [0.29, 0.717) is 32.4 Å². The molecule has 1 aromatic heterocycles. The molecule has 3 atom stereocenters. The van der Waals surface area contributed by atoms with Crippen molar-refractivity contribution in [3.8, 4) is 0 Å². The van der Waals surface area contributed by atoms with E-state index >= 15 is 0 Å². The Hall–Kier alpha value is -3.11. The van der Waals surface area contributed by atoms with E-state index in [1.54, 1.807) is 35.8 Å². The second-order valence-corrected chi connectivity index (χ2v) is 9.11. The molecular weight excluding hydrogens is 426 g/mol. The zero-order chi connectivity index (χ0) is 24.1. The molecule has 0 aliphatic carbocycles. The summed E-state index contributed by atoms with van der Waals surface area (Å²) in [4.78, 5) is 52.6. The number of hydrazine groups is 1. The van der Waals surface area contributed by atoms with E-state index in [9.17, 15) is 19.2 Å². The summed E-state index contributed by atoms with van der Waals surface area (Å²) in [6.07, 6.45) is 3.49. The minimum Gasteiger partial charge on any atom is -0.359 e. The number of anilines is 1. The number of aromatic nitrogens is 2.